The van der Waals surface area contributed by atoms with Crippen LogP contribution in [0, 0.1) is 0 Å². The second-order valence-corrected chi connectivity index (χ2v) is 5.77. The van der Waals surface area contributed by atoms with Crippen LogP contribution >= 0.6 is 0 Å². The summed E-state index contributed by atoms with van der Waals surface area (Å²) in [5, 5.41) is 5.64. The standard InChI is InChI=1S/C15H21FN4O6/c1-4-25-14(23)12(16)26-20-10-5-8(2)11(19(6-10)15(20)24)13(22)18-7-17-9(3)21/h5,10-12H,4,6-7H2,1-3H3,(H,17,21)(H,18,22)/t10-,11+,12-/m1/s1. The van der Waals surface area contributed by atoms with E-state index >= 15 is 0 Å². The van der Waals surface area contributed by atoms with Gasteiger partial charge in [0.1, 0.15) is 6.04 Å². The van der Waals surface area contributed by atoms with Gasteiger partial charge in [-0.3, -0.25) is 9.59 Å². The number of esters is 1. The van der Waals surface area contributed by atoms with Crippen LogP contribution < -0.4 is 10.6 Å². The quantitative estimate of drug-likeness (QED) is 0.351. The van der Waals surface area contributed by atoms with Crippen molar-refractivity contribution >= 4 is 23.8 Å². The molecule has 1 fully saturated rings. The van der Waals surface area contributed by atoms with E-state index in [0.29, 0.717) is 5.57 Å². The zero-order chi connectivity index (χ0) is 19.4. The minimum Gasteiger partial charge on any atom is -0.462 e. The molecule has 10 nitrogen and oxygen atoms in total. The van der Waals surface area contributed by atoms with Crippen molar-refractivity contribution in [2.45, 2.75) is 39.2 Å². The molecule has 4 amide bonds. The Labute approximate surface area is 149 Å². The van der Waals surface area contributed by atoms with Gasteiger partial charge in [-0.1, -0.05) is 6.08 Å². The van der Waals surface area contributed by atoms with Gasteiger partial charge < -0.3 is 20.3 Å². The molecule has 0 spiro atoms. The van der Waals surface area contributed by atoms with E-state index in [4.69, 9.17) is 4.84 Å². The largest absolute Gasteiger partial charge is 0.462 e. The smallest absolute Gasteiger partial charge is 0.370 e. The highest BCUT2D eigenvalue weighted by atomic mass is 19.1. The summed E-state index contributed by atoms with van der Waals surface area (Å²) in [5.74, 6) is -2.04. The molecule has 144 valence electrons. The summed E-state index contributed by atoms with van der Waals surface area (Å²) in [6, 6.07) is -2.29. The minimum absolute atomic E-state index is 0.0261. The van der Waals surface area contributed by atoms with Crippen LogP contribution in [0.1, 0.15) is 20.8 Å². The fourth-order valence-electron chi connectivity index (χ4n) is 2.77. The molecule has 26 heavy (non-hydrogen) atoms. The Hall–Kier alpha value is -2.69. The number of nitrogens with zero attached hydrogens (tertiary/aromatic N) is 2. The molecule has 2 rings (SSSR count). The summed E-state index contributed by atoms with van der Waals surface area (Å²) in [6.07, 6.45) is -0.845. The fourth-order valence-corrected chi connectivity index (χ4v) is 2.77. The van der Waals surface area contributed by atoms with E-state index in [0.717, 1.165) is 5.06 Å². The number of alkyl halides is 1. The van der Waals surface area contributed by atoms with Crippen LogP contribution in [0.5, 0.6) is 0 Å². The van der Waals surface area contributed by atoms with Crippen molar-refractivity contribution in [1.29, 1.82) is 0 Å². The average molecular weight is 372 g/mol. The van der Waals surface area contributed by atoms with Crippen molar-refractivity contribution in [2.24, 2.45) is 0 Å². The second-order valence-electron chi connectivity index (χ2n) is 5.77. The van der Waals surface area contributed by atoms with Crippen LogP contribution in [0.15, 0.2) is 11.6 Å². The van der Waals surface area contributed by atoms with E-state index in [9.17, 15) is 23.6 Å². The highest BCUT2D eigenvalue weighted by molar-refractivity contribution is 5.91. The molecule has 2 aliphatic rings. The Bertz CT molecular complexity index is 640. The molecule has 0 radical (unpaired) electrons. The van der Waals surface area contributed by atoms with Crippen LogP contribution in [0.3, 0.4) is 0 Å². The summed E-state index contributed by atoms with van der Waals surface area (Å²) < 4.78 is 18.3. The number of nitrogens with one attached hydrogen (secondary N) is 2. The van der Waals surface area contributed by atoms with Crippen molar-refractivity contribution in [2.75, 3.05) is 19.8 Å². The third kappa shape index (κ3) is 4.10. The first-order valence-corrected chi connectivity index (χ1v) is 8.04. The molecule has 11 heteroatoms. The number of urea groups is 1. The maximum absolute atomic E-state index is 13.8. The number of fused-ring (bicyclic) bond motifs is 2. The number of hydroxylamine groups is 2. The highest BCUT2D eigenvalue weighted by Gasteiger charge is 2.48. The van der Waals surface area contributed by atoms with Crippen LogP contribution in [-0.2, 0) is 24.0 Å². The van der Waals surface area contributed by atoms with Gasteiger partial charge in [-0.05, 0) is 19.4 Å². The van der Waals surface area contributed by atoms with Gasteiger partial charge in [-0.15, -0.1) is 0 Å². The molecule has 2 N–H and O–H groups in total. The van der Waals surface area contributed by atoms with Crippen molar-refractivity contribution < 1.29 is 33.1 Å². The van der Waals surface area contributed by atoms with Gasteiger partial charge in [0.05, 0.1) is 25.9 Å². The highest BCUT2D eigenvalue weighted by Crippen LogP contribution is 2.30. The molecule has 0 aromatic rings. The number of hydrogen-bond acceptors (Lipinski definition) is 6. The van der Waals surface area contributed by atoms with E-state index in [1.807, 2.05) is 0 Å². The van der Waals surface area contributed by atoms with Crippen LogP contribution in [0.2, 0.25) is 0 Å². The van der Waals surface area contributed by atoms with E-state index < -0.39 is 36.3 Å². The van der Waals surface area contributed by atoms with Crippen molar-refractivity contribution in [1.82, 2.24) is 20.6 Å². The first-order chi connectivity index (χ1) is 12.3. The maximum Gasteiger partial charge on any atom is 0.370 e. The lowest BCUT2D eigenvalue weighted by Crippen LogP contribution is -2.51. The lowest BCUT2D eigenvalue weighted by atomic mass is 10.00. The van der Waals surface area contributed by atoms with Gasteiger partial charge >= 0.3 is 18.4 Å². The third-order valence-electron chi connectivity index (χ3n) is 3.84. The molecule has 3 atom stereocenters. The number of hydrogen-bond donors (Lipinski definition) is 2. The predicted molar refractivity (Wildman–Crippen MR) is 84.7 cm³/mol. The lowest BCUT2D eigenvalue weighted by Gasteiger charge is -2.29. The molecule has 0 aliphatic carbocycles. The van der Waals surface area contributed by atoms with Crippen molar-refractivity contribution in [3.8, 4) is 0 Å². The molecule has 0 aromatic carbocycles. The number of rotatable bonds is 7. The Morgan fingerprint density at radius 2 is 2.08 bits per heavy atom. The summed E-state index contributed by atoms with van der Waals surface area (Å²) >= 11 is 0. The number of amides is 4. The molecule has 0 saturated carbocycles. The van der Waals surface area contributed by atoms with E-state index in [2.05, 4.69) is 15.4 Å². The predicted octanol–water partition coefficient (Wildman–Crippen LogP) is -0.579. The Balaban J connectivity index is 2.05. The van der Waals surface area contributed by atoms with Gasteiger partial charge in [0.15, 0.2) is 0 Å². The number of halogens is 1. The summed E-state index contributed by atoms with van der Waals surface area (Å²) in [4.78, 5) is 53.0. The van der Waals surface area contributed by atoms with Gasteiger partial charge in [-0.25, -0.2) is 18.8 Å². The molecule has 0 aromatic heterocycles. The lowest BCUT2D eigenvalue weighted by molar-refractivity contribution is -0.223. The fraction of sp³-hybridized carbons (Fsp3) is 0.600. The van der Waals surface area contributed by atoms with Gasteiger partial charge in [0.25, 0.3) is 0 Å². The van der Waals surface area contributed by atoms with Gasteiger partial charge in [0, 0.05) is 6.92 Å². The SMILES string of the molecule is CCOC(=O)[C@H](F)ON1C(=O)N2C[C@H]1C=C(C)[C@H]2C(=O)NCNC(C)=O. The zero-order valence-electron chi connectivity index (χ0n) is 14.7. The average Bonchev–Trinajstić information content (AvgIpc) is 2.80. The zero-order valence-corrected chi connectivity index (χ0v) is 14.7. The van der Waals surface area contributed by atoms with E-state index in [1.54, 1.807) is 13.0 Å². The Morgan fingerprint density at radius 1 is 1.38 bits per heavy atom. The van der Waals surface area contributed by atoms with Gasteiger partial charge in [0.2, 0.25) is 11.8 Å². The molecule has 2 aliphatic heterocycles. The minimum atomic E-state index is -2.44. The molecule has 1 saturated heterocycles. The first-order valence-electron chi connectivity index (χ1n) is 8.04. The Morgan fingerprint density at radius 3 is 2.69 bits per heavy atom. The molecule has 2 heterocycles. The monoisotopic (exact) mass is 372 g/mol. The maximum atomic E-state index is 13.8. The molecular formula is C15H21FN4O6. The van der Waals surface area contributed by atoms with Crippen LogP contribution in [0.25, 0.3) is 0 Å². The molecular weight excluding hydrogens is 351 g/mol. The first kappa shape index (κ1) is 19.6. The second kappa shape index (κ2) is 8.13. The Kier molecular flexibility index (Phi) is 6.14. The number of carbonyl (C=O) groups excluding carboxylic acids is 4. The summed E-state index contributed by atoms with van der Waals surface area (Å²) in [7, 11) is 0. The summed E-state index contributed by atoms with van der Waals surface area (Å²) in [5.41, 5.74) is 0.563. The van der Waals surface area contributed by atoms with Crippen LogP contribution in [0.4, 0.5) is 9.18 Å². The number of ether oxygens (including phenoxy) is 1. The normalized spacial score (nSPS) is 22.6. The molecule has 2 bridgehead atoms. The van der Waals surface area contributed by atoms with Crippen LogP contribution in [-0.4, -0.2) is 72.0 Å². The van der Waals surface area contributed by atoms with E-state index in [-0.39, 0.29) is 25.7 Å². The van der Waals surface area contributed by atoms with E-state index in [1.165, 1.54) is 18.7 Å². The topological polar surface area (TPSA) is 117 Å². The number of carbonyl (C=O) groups is 4. The van der Waals surface area contributed by atoms with Gasteiger partial charge in [-0.2, -0.15) is 5.06 Å². The molecule has 0 unspecified atom stereocenters. The summed E-state index contributed by atoms with van der Waals surface area (Å²) in [6.45, 7) is 4.46. The van der Waals surface area contributed by atoms with Crippen molar-refractivity contribution in [3.05, 3.63) is 11.6 Å². The van der Waals surface area contributed by atoms with Crippen molar-refractivity contribution in [3.63, 3.8) is 0 Å². The third-order valence-corrected chi connectivity index (χ3v) is 3.84.